The van der Waals surface area contributed by atoms with E-state index in [0.717, 1.165) is 23.5 Å². The molecule has 0 unspecified atom stereocenters. The van der Waals surface area contributed by atoms with E-state index < -0.39 is 0 Å². The number of rotatable bonds is 1. The Morgan fingerprint density at radius 1 is 1.38 bits per heavy atom. The van der Waals surface area contributed by atoms with Gasteiger partial charge >= 0.3 is 0 Å². The first-order valence-corrected chi connectivity index (χ1v) is 4.62. The van der Waals surface area contributed by atoms with Gasteiger partial charge in [-0.15, -0.1) is 9.60 Å². The topological polar surface area (TPSA) is 29.3 Å². The van der Waals surface area contributed by atoms with Crippen molar-refractivity contribution >= 4 is 0 Å². The van der Waals surface area contributed by atoms with E-state index in [1.807, 2.05) is 26.0 Å². The molecule has 0 spiro atoms. The summed E-state index contributed by atoms with van der Waals surface area (Å²) < 4.78 is 11.8. The Hall–Kier alpha value is -0.830. The second kappa shape index (κ2) is 7.80. The minimum absolute atomic E-state index is 0.653. The van der Waals surface area contributed by atoms with Crippen LogP contribution in [0.1, 0.15) is 26.7 Å². The average molecular weight is 186 g/mol. The van der Waals surface area contributed by atoms with E-state index in [4.69, 9.17) is 5.73 Å². The summed E-state index contributed by atoms with van der Waals surface area (Å²) in [6.45, 7) is 5.23. The molecule has 0 amide bonds. The van der Waals surface area contributed by atoms with Crippen LogP contribution >= 0.6 is 0 Å². The van der Waals surface area contributed by atoms with Crippen molar-refractivity contribution in [2.45, 2.75) is 26.7 Å². The van der Waals surface area contributed by atoms with Crippen LogP contribution in [-0.4, -0.2) is 18.2 Å². The predicted molar refractivity (Wildman–Crippen MR) is 54.7 cm³/mol. The zero-order valence-electron chi connectivity index (χ0n) is 8.46. The van der Waals surface area contributed by atoms with Crippen molar-refractivity contribution in [2.75, 3.05) is 13.1 Å². The number of allylic oxidation sites excluding steroid dienone is 3. The van der Waals surface area contributed by atoms with Crippen molar-refractivity contribution in [3.63, 3.8) is 0 Å². The second-order valence-corrected chi connectivity index (χ2v) is 3.03. The van der Waals surface area contributed by atoms with Gasteiger partial charge in [-0.05, 0) is 38.5 Å². The standard InChI is InChI=1S/C6H11N.C4H8FN/c1-3-4-6(2)5-7;5-6-3-1-2-4-6/h3-5H,7H2,1-2H3;1-4H2/b4-3-,6-5-;. The van der Waals surface area contributed by atoms with Gasteiger partial charge in [0.15, 0.2) is 0 Å². The van der Waals surface area contributed by atoms with E-state index in [-0.39, 0.29) is 0 Å². The Kier molecular flexibility index (Phi) is 7.30. The maximum atomic E-state index is 11.8. The van der Waals surface area contributed by atoms with Crippen molar-refractivity contribution in [1.82, 2.24) is 5.12 Å². The summed E-state index contributed by atoms with van der Waals surface area (Å²) in [5.41, 5.74) is 6.24. The Labute approximate surface area is 79.8 Å². The SMILES string of the molecule is C/C=C\C(C)=C/N.FN1CCCC1. The largest absolute Gasteiger partial charge is 0.404 e. The van der Waals surface area contributed by atoms with Crippen LogP contribution in [0.2, 0.25) is 0 Å². The van der Waals surface area contributed by atoms with Gasteiger partial charge in [0.25, 0.3) is 0 Å². The normalized spacial score (nSPS) is 18.8. The molecule has 1 saturated heterocycles. The Morgan fingerprint density at radius 2 is 1.92 bits per heavy atom. The molecular formula is C10H19FN2. The fourth-order valence-corrected chi connectivity index (χ4v) is 0.997. The fourth-order valence-electron chi connectivity index (χ4n) is 0.997. The van der Waals surface area contributed by atoms with Crippen molar-refractivity contribution < 1.29 is 4.48 Å². The highest BCUT2D eigenvalue weighted by molar-refractivity contribution is 5.13. The van der Waals surface area contributed by atoms with E-state index in [9.17, 15) is 4.48 Å². The molecule has 1 rings (SSSR count). The third-order valence-corrected chi connectivity index (χ3v) is 1.74. The van der Waals surface area contributed by atoms with Crippen LogP contribution < -0.4 is 5.73 Å². The van der Waals surface area contributed by atoms with Crippen molar-refractivity contribution in [3.8, 4) is 0 Å². The molecule has 1 fully saturated rings. The van der Waals surface area contributed by atoms with Gasteiger partial charge in [0.1, 0.15) is 0 Å². The maximum absolute atomic E-state index is 11.8. The molecule has 1 aliphatic rings. The number of hydrogen-bond donors (Lipinski definition) is 1. The highest BCUT2D eigenvalue weighted by Gasteiger charge is 2.07. The molecule has 1 heterocycles. The third-order valence-electron chi connectivity index (χ3n) is 1.74. The quantitative estimate of drug-likeness (QED) is 0.503. The summed E-state index contributed by atoms with van der Waals surface area (Å²) in [5, 5.41) is 0.861. The van der Waals surface area contributed by atoms with Gasteiger partial charge in [-0.25, -0.2) is 0 Å². The van der Waals surface area contributed by atoms with Gasteiger partial charge in [-0.3, -0.25) is 0 Å². The molecule has 1 aliphatic heterocycles. The molecule has 76 valence electrons. The van der Waals surface area contributed by atoms with E-state index in [1.165, 1.54) is 0 Å². The van der Waals surface area contributed by atoms with E-state index in [2.05, 4.69) is 0 Å². The smallest absolute Gasteiger partial charge is 0.0290 e. The predicted octanol–water partition coefficient (Wildman–Crippen LogP) is 2.39. The molecule has 13 heavy (non-hydrogen) atoms. The zero-order chi connectivity index (χ0) is 10.1. The lowest BCUT2D eigenvalue weighted by molar-refractivity contribution is 0.0574. The summed E-state index contributed by atoms with van der Waals surface area (Å²) in [5.74, 6) is 0. The number of nitrogens with two attached hydrogens (primary N) is 1. The first kappa shape index (κ1) is 12.2. The summed E-state index contributed by atoms with van der Waals surface area (Å²) in [4.78, 5) is 0. The Bertz CT molecular complexity index is 170. The lowest BCUT2D eigenvalue weighted by Gasteiger charge is -1.94. The van der Waals surface area contributed by atoms with Gasteiger partial charge in [0.05, 0.1) is 0 Å². The molecule has 0 atom stereocenters. The molecule has 0 radical (unpaired) electrons. The van der Waals surface area contributed by atoms with E-state index in [1.54, 1.807) is 6.20 Å². The molecule has 2 nitrogen and oxygen atoms in total. The van der Waals surface area contributed by atoms with Gasteiger partial charge in [0, 0.05) is 13.1 Å². The fraction of sp³-hybridized carbons (Fsp3) is 0.600. The molecule has 0 aromatic rings. The minimum Gasteiger partial charge on any atom is -0.404 e. The Balaban J connectivity index is 0.000000223. The zero-order valence-corrected chi connectivity index (χ0v) is 8.46. The molecule has 0 aliphatic carbocycles. The van der Waals surface area contributed by atoms with Crippen LogP contribution in [0.5, 0.6) is 0 Å². The highest BCUT2D eigenvalue weighted by atomic mass is 19.2. The molecule has 0 aromatic heterocycles. The molecule has 0 bridgehead atoms. The monoisotopic (exact) mass is 186 g/mol. The van der Waals surface area contributed by atoms with Gasteiger partial charge in [-0.1, -0.05) is 12.2 Å². The van der Waals surface area contributed by atoms with E-state index >= 15 is 0 Å². The summed E-state index contributed by atoms with van der Waals surface area (Å²) in [7, 11) is 0. The lowest BCUT2D eigenvalue weighted by atomic mass is 10.3. The van der Waals surface area contributed by atoms with Crippen LogP contribution in [-0.2, 0) is 0 Å². The number of halogens is 1. The van der Waals surface area contributed by atoms with Crippen LogP contribution in [0.15, 0.2) is 23.9 Å². The van der Waals surface area contributed by atoms with Crippen molar-refractivity contribution in [3.05, 3.63) is 23.9 Å². The lowest BCUT2D eigenvalue weighted by Crippen LogP contribution is -2.04. The molecule has 0 aromatic carbocycles. The highest BCUT2D eigenvalue weighted by Crippen LogP contribution is 2.05. The minimum atomic E-state index is 0.653. The van der Waals surface area contributed by atoms with Gasteiger partial charge in [-0.2, -0.15) is 0 Å². The van der Waals surface area contributed by atoms with Crippen LogP contribution in [0.25, 0.3) is 0 Å². The Morgan fingerprint density at radius 3 is 2.08 bits per heavy atom. The molecular weight excluding hydrogens is 167 g/mol. The first-order chi connectivity index (χ1) is 6.20. The van der Waals surface area contributed by atoms with Crippen LogP contribution in [0.4, 0.5) is 4.48 Å². The maximum Gasteiger partial charge on any atom is 0.0290 e. The van der Waals surface area contributed by atoms with Crippen LogP contribution in [0, 0.1) is 0 Å². The summed E-state index contributed by atoms with van der Waals surface area (Å²) in [6.07, 6.45) is 7.58. The second-order valence-electron chi connectivity index (χ2n) is 3.03. The van der Waals surface area contributed by atoms with E-state index in [0.29, 0.717) is 13.1 Å². The third kappa shape index (κ3) is 7.53. The average Bonchev–Trinajstić information content (AvgIpc) is 2.57. The van der Waals surface area contributed by atoms with Gasteiger partial charge < -0.3 is 5.73 Å². The summed E-state index contributed by atoms with van der Waals surface area (Å²) in [6, 6.07) is 0. The van der Waals surface area contributed by atoms with Crippen LogP contribution in [0.3, 0.4) is 0 Å². The number of hydrogen-bond acceptors (Lipinski definition) is 2. The van der Waals surface area contributed by atoms with Crippen molar-refractivity contribution in [2.24, 2.45) is 5.73 Å². The van der Waals surface area contributed by atoms with Gasteiger partial charge in [0.2, 0.25) is 0 Å². The molecule has 2 N–H and O–H groups in total. The molecule has 0 saturated carbocycles. The summed E-state index contributed by atoms with van der Waals surface area (Å²) >= 11 is 0. The first-order valence-electron chi connectivity index (χ1n) is 4.62. The number of nitrogens with zero attached hydrogens (tertiary/aromatic N) is 1. The molecule has 3 heteroatoms. The van der Waals surface area contributed by atoms with Crippen molar-refractivity contribution in [1.29, 1.82) is 0 Å².